The van der Waals surface area contributed by atoms with E-state index in [9.17, 15) is 9.59 Å². The molecule has 3 aromatic rings. The molecule has 24 heavy (non-hydrogen) atoms. The first-order chi connectivity index (χ1) is 11.6. The Morgan fingerprint density at radius 3 is 2.42 bits per heavy atom. The monoisotopic (exact) mass is 338 g/mol. The van der Waals surface area contributed by atoms with E-state index in [4.69, 9.17) is 5.73 Å². The Morgan fingerprint density at radius 1 is 1.00 bits per heavy atom. The first-order valence-electron chi connectivity index (χ1n) is 7.73. The number of benzene rings is 2. The second-order valence-electron chi connectivity index (χ2n) is 5.58. The van der Waals surface area contributed by atoms with Crippen LogP contribution in [0.3, 0.4) is 0 Å². The lowest BCUT2D eigenvalue weighted by Gasteiger charge is -2.21. The van der Waals surface area contributed by atoms with E-state index in [0.29, 0.717) is 18.0 Å². The zero-order valence-electron chi connectivity index (χ0n) is 13.1. The van der Waals surface area contributed by atoms with Crippen molar-refractivity contribution in [3.05, 3.63) is 71.1 Å². The summed E-state index contributed by atoms with van der Waals surface area (Å²) >= 11 is 1.47. The maximum Gasteiger partial charge on any atom is 0.264 e. The van der Waals surface area contributed by atoms with Gasteiger partial charge in [-0.3, -0.25) is 9.59 Å². The Kier molecular flexibility index (Phi) is 4.91. The van der Waals surface area contributed by atoms with Crippen LogP contribution in [-0.4, -0.2) is 23.3 Å². The normalized spacial score (nSPS) is 10.7. The van der Waals surface area contributed by atoms with Gasteiger partial charge in [0.2, 0.25) is 5.91 Å². The van der Waals surface area contributed by atoms with Crippen LogP contribution in [0, 0.1) is 0 Å². The minimum atomic E-state index is -0.405. The van der Waals surface area contributed by atoms with Crippen molar-refractivity contribution in [2.24, 2.45) is 5.73 Å². The number of rotatable bonds is 6. The van der Waals surface area contributed by atoms with Gasteiger partial charge in [0.05, 0.1) is 4.88 Å². The van der Waals surface area contributed by atoms with Crippen molar-refractivity contribution < 1.29 is 9.59 Å². The molecule has 2 aromatic carbocycles. The Balaban J connectivity index is 1.85. The van der Waals surface area contributed by atoms with Crippen LogP contribution >= 0.6 is 11.3 Å². The average Bonchev–Trinajstić information content (AvgIpc) is 3.03. The van der Waals surface area contributed by atoms with Gasteiger partial charge in [-0.1, -0.05) is 48.5 Å². The third-order valence-electron chi connectivity index (χ3n) is 3.77. The molecule has 0 saturated heterocycles. The van der Waals surface area contributed by atoms with E-state index < -0.39 is 5.91 Å². The summed E-state index contributed by atoms with van der Waals surface area (Å²) in [5.74, 6) is -0.474. The summed E-state index contributed by atoms with van der Waals surface area (Å²) in [5.41, 5.74) is 6.28. The molecule has 4 nitrogen and oxygen atoms in total. The Morgan fingerprint density at radius 2 is 1.71 bits per heavy atom. The Bertz CT molecular complexity index is 825. The zero-order valence-corrected chi connectivity index (χ0v) is 14.0. The fourth-order valence-corrected chi connectivity index (χ4v) is 3.58. The highest BCUT2D eigenvalue weighted by Gasteiger charge is 2.19. The number of carbonyl (C=O) groups is 2. The molecule has 0 aliphatic rings. The van der Waals surface area contributed by atoms with Gasteiger partial charge in [0, 0.05) is 24.2 Å². The summed E-state index contributed by atoms with van der Waals surface area (Å²) in [6.07, 6.45) is 0.156. The van der Waals surface area contributed by atoms with Crippen LogP contribution in [0.25, 0.3) is 10.1 Å². The van der Waals surface area contributed by atoms with Crippen LogP contribution in [0.5, 0.6) is 0 Å². The molecule has 3 rings (SSSR count). The molecule has 0 unspecified atom stereocenters. The number of hydrogen-bond donors (Lipinski definition) is 1. The molecule has 1 heterocycles. The van der Waals surface area contributed by atoms with Crippen molar-refractivity contribution >= 4 is 33.2 Å². The number of hydrogen-bond acceptors (Lipinski definition) is 3. The number of thiophene rings is 1. The van der Waals surface area contributed by atoms with E-state index >= 15 is 0 Å². The van der Waals surface area contributed by atoms with Crippen molar-refractivity contribution in [2.75, 3.05) is 6.54 Å². The summed E-state index contributed by atoms with van der Waals surface area (Å²) in [7, 11) is 0. The molecule has 0 spiro atoms. The molecule has 2 amide bonds. The van der Waals surface area contributed by atoms with Crippen LogP contribution in [0.1, 0.15) is 21.7 Å². The first kappa shape index (κ1) is 16.2. The molecular formula is C19H18N2O2S. The minimum absolute atomic E-state index is 0.0682. The van der Waals surface area contributed by atoms with E-state index in [-0.39, 0.29) is 12.3 Å². The van der Waals surface area contributed by atoms with Crippen LogP contribution in [0.15, 0.2) is 60.7 Å². The average molecular weight is 338 g/mol. The summed E-state index contributed by atoms with van der Waals surface area (Å²) < 4.78 is 1.08. The Hall–Kier alpha value is -2.66. The molecule has 122 valence electrons. The minimum Gasteiger partial charge on any atom is -0.370 e. The maximum absolute atomic E-state index is 12.9. The maximum atomic E-state index is 12.9. The number of amides is 2. The quantitative estimate of drug-likeness (QED) is 0.748. The van der Waals surface area contributed by atoms with E-state index in [2.05, 4.69) is 0 Å². The van der Waals surface area contributed by atoms with Crippen molar-refractivity contribution in [3.63, 3.8) is 0 Å². The standard InChI is InChI=1S/C19H18N2O2S/c20-18(22)10-11-21(13-14-6-2-1-3-7-14)19(23)17-12-15-8-4-5-9-16(15)24-17/h1-9,12H,10-11,13H2,(H2,20,22). The number of nitrogens with zero attached hydrogens (tertiary/aromatic N) is 1. The third kappa shape index (κ3) is 3.81. The number of fused-ring (bicyclic) bond motifs is 1. The fraction of sp³-hybridized carbons (Fsp3) is 0.158. The highest BCUT2D eigenvalue weighted by atomic mass is 32.1. The smallest absolute Gasteiger partial charge is 0.264 e. The van der Waals surface area contributed by atoms with E-state index in [0.717, 1.165) is 15.6 Å². The molecule has 5 heteroatoms. The zero-order chi connectivity index (χ0) is 16.9. The molecule has 1 aromatic heterocycles. The predicted molar refractivity (Wildman–Crippen MR) is 96.8 cm³/mol. The molecule has 2 N–H and O–H groups in total. The molecule has 0 radical (unpaired) electrons. The van der Waals surface area contributed by atoms with E-state index in [1.54, 1.807) is 4.90 Å². The molecule has 0 bridgehead atoms. The summed E-state index contributed by atoms with van der Waals surface area (Å²) in [4.78, 5) is 26.4. The number of carbonyl (C=O) groups excluding carboxylic acids is 2. The lowest BCUT2D eigenvalue weighted by Crippen LogP contribution is -2.33. The van der Waals surface area contributed by atoms with Gasteiger partial charge in [0.1, 0.15) is 0 Å². The summed E-state index contributed by atoms with van der Waals surface area (Å²) in [6, 6.07) is 19.6. The first-order valence-corrected chi connectivity index (χ1v) is 8.55. The lowest BCUT2D eigenvalue weighted by molar-refractivity contribution is -0.118. The molecule has 0 atom stereocenters. The van der Waals surface area contributed by atoms with Crippen molar-refractivity contribution in [1.29, 1.82) is 0 Å². The van der Waals surface area contributed by atoms with Crippen molar-refractivity contribution in [2.45, 2.75) is 13.0 Å². The van der Waals surface area contributed by atoms with Gasteiger partial charge in [-0.15, -0.1) is 11.3 Å². The van der Waals surface area contributed by atoms with Gasteiger partial charge in [-0.25, -0.2) is 0 Å². The van der Waals surface area contributed by atoms with Gasteiger partial charge in [0.15, 0.2) is 0 Å². The largest absolute Gasteiger partial charge is 0.370 e. The third-order valence-corrected chi connectivity index (χ3v) is 4.87. The van der Waals surface area contributed by atoms with Gasteiger partial charge in [-0.05, 0) is 23.1 Å². The summed E-state index contributed by atoms with van der Waals surface area (Å²) in [5, 5.41) is 1.06. The number of nitrogens with two attached hydrogens (primary N) is 1. The van der Waals surface area contributed by atoms with Gasteiger partial charge in [-0.2, -0.15) is 0 Å². The lowest BCUT2D eigenvalue weighted by atomic mass is 10.2. The van der Waals surface area contributed by atoms with Gasteiger partial charge in [0.25, 0.3) is 5.91 Å². The van der Waals surface area contributed by atoms with E-state index in [1.165, 1.54) is 11.3 Å². The molecular weight excluding hydrogens is 320 g/mol. The second-order valence-corrected chi connectivity index (χ2v) is 6.66. The van der Waals surface area contributed by atoms with Crippen molar-refractivity contribution in [1.82, 2.24) is 4.90 Å². The molecule has 0 fully saturated rings. The summed E-state index contributed by atoms with van der Waals surface area (Å²) in [6.45, 7) is 0.776. The highest BCUT2D eigenvalue weighted by molar-refractivity contribution is 7.20. The highest BCUT2D eigenvalue weighted by Crippen LogP contribution is 2.26. The van der Waals surface area contributed by atoms with Crippen LogP contribution in [-0.2, 0) is 11.3 Å². The van der Waals surface area contributed by atoms with Crippen LogP contribution in [0.4, 0.5) is 0 Å². The predicted octanol–water partition coefficient (Wildman–Crippen LogP) is 3.42. The van der Waals surface area contributed by atoms with Crippen LogP contribution in [0.2, 0.25) is 0 Å². The number of primary amides is 1. The van der Waals surface area contributed by atoms with E-state index in [1.807, 2.05) is 60.7 Å². The SMILES string of the molecule is NC(=O)CCN(Cc1ccccc1)C(=O)c1cc2ccccc2s1. The molecule has 0 aliphatic heterocycles. The van der Waals surface area contributed by atoms with Gasteiger partial charge < -0.3 is 10.6 Å². The topological polar surface area (TPSA) is 63.4 Å². The molecule has 0 saturated carbocycles. The Labute approximate surface area is 144 Å². The van der Waals surface area contributed by atoms with Gasteiger partial charge >= 0.3 is 0 Å². The molecule has 0 aliphatic carbocycles. The fourth-order valence-electron chi connectivity index (χ4n) is 2.54. The van der Waals surface area contributed by atoms with Crippen molar-refractivity contribution in [3.8, 4) is 0 Å². The second kappa shape index (κ2) is 7.27. The van der Waals surface area contributed by atoms with Crippen LogP contribution < -0.4 is 5.73 Å².